The van der Waals surface area contributed by atoms with Crippen molar-refractivity contribution in [2.75, 3.05) is 31.1 Å². The predicted octanol–water partition coefficient (Wildman–Crippen LogP) is 1.60. The Bertz CT molecular complexity index is 799. The average Bonchev–Trinajstić information content (AvgIpc) is 3.17. The largest absolute Gasteiger partial charge is 0.366 e. The van der Waals surface area contributed by atoms with Gasteiger partial charge in [0.05, 0.1) is 17.9 Å². The van der Waals surface area contributed by atoms with E-state index in [1.165, 1.54) is 6.20 Å². The zero-order chi connectivity index (χ0) is 18.8. The van der Waals surface area contributed by atoms with Crippen LogP contribution in [0.25, 0.3) is 0 Å². The molecule has 3 aliphatic rings. The van der Waals surface area contributed by atoms with Crippen LogP contribution < -0.4 is 15.5 Å². The van der Waals surface area contributed by atoms with Crippen LogP contribution in [-0.4, -0.2) is 59.2 Å². The number of hydrogen-bond donors (Lipinski definition) is 2. The quantitative estimate of drug-likeness (QED) is 0.846. The van der Waals surface area contributed by atoms with E-state index in [9.17, 15) is 9.18 Å². The number of pyridine rings is 1. The molecule has 4 heterocycles. The minimum absolute atomic E-state index is 0.0968. The molecule has 1 aromatic heterocycles. The Balaban J connectivity index is 1.33. The second-order valence-electron chi connectivity index (χ2n) is 6.78. The van der Waals surface area contributed by atoms with Crippen LogP contribution in [-0.2, 0) is 0 Å². The number of nitrogens with zero attached hydrogens (tertiary/aromatic N) is 4. The molecule has 1 fully saturated rings. The summed E-state index contributed by atoms with van der Waals surface area (Å²) in [5.41, 5.74) is 1.58. The minimum Gasteiger partial charge on any atom is -0.366 e. The molecule has 0 radical (unpaired) electrons. The van der Waals surface area contributed by atoms with Gasteiger partial charge in [-0.3, -0.25) is 4.98 Å². The van der Waals surface area contributed by atoms with Gasteiger partial charge >= 0.3 is 6.03 Å². The normalized spacial score (nSPS) is 22.2. The third-order valence-electron chi connectivity index (χ3n) is 5.10. The summed E-state index contributed by atoms with van der Waals surface area (Å²) in [4.78, 5) is 22.3. The molecule has 7 nitrogen and oxygen atoms in total. The summed E-state index contributed by atoms with van der Waals surface area (Å²) in [6, 6.07) is 1.45. The highest BCUT2D eigenvalue weighted by Gasteiger charge is 2.28. The van der Waals surface area contributed by atoms with E-state index in [0.717, 1.165) is 5.70 Å². The number of nitrogens with one attached hydrogen (secondary N) is 2. The maximum Gasteiger partial charge on any atom is 0.318 e. The molecule has 2 amide bonds. The first-order chi connectivity index (χ1) is 13.1. The fourth-order valence-electron chi connectivity index (χ4n) is 3.63. The third kappa shape index (κ3) is 3.47. The topological polar surface area (TPSA) is 63.7 Å². The Kier molecular flexibility index (Phi) is 4.70. The molecule has 3 aliphatic heterocycles. The Morgan fingerprint density at radius 3 is 2.96 bits per heavy atom. The number of rotatable bonds is 3. The molecule has 4 rings (SSSR count). The number of anilines is 1. The lowest BCUT2D eigenvalue weighted by Gasteiger charge is -2.37. The van der Waals surface area contributed by atoms with E-state index in [1.54, 1.807) is 17.2 Å². The van der Waals surface area contributed by atoms with E-state index in [4.69, 9.17) is 0 Å². The maximum atomic E-state index is 13.9. The Morgan fingerprint density at radius 1 is 1.37 bits per heavy atom. The van der Waals surface area contributed by atoms with Crippen molar-refractivity contribution in [1.29, 1.82) is 0 Å². The summed E-state index contributed by atoms with van der Waals surface area (Å²) in [7, 11) is 0. The Morgan fingerprint density at radius 2 is 2.19 bits per heavy atom. The number of carbonyl (C=O) groups is 1. The number of fused-ring (bicyclic) bond motifs is 1. The molecule has 0 saturated carbocycles. The first-order valence-electron chi connectivity index (χ1n) is 9.13. The van der Waals surface area contributed by atoms with Gasteiger partial charge in [-0.15, -0.1) is 0 Å². The van der Waals surface area contributed by atoms with E-state index in [1.807, 2.05) is 36.4 Å². The summed E-state index contributed by atoms with van der Waals surface area (Å²) < 4.78 is 13.9. The lowest BCUT2D eigenvalue weighted by atomic mass is 10.1. The molecule has 2 unspecified atom stereocenters. The van der Waals surface area contributed by atoms with Crippen molar-refractivity contribution < 1.29 is 9.18 Å². The summed E-state index contributed by atoms with van der Waals surface area (Å²) >= 11 is 0. The monoisotopic (exact) mass is 370 g/mol. The second-order valence-corrected chi connectivity index (χ2v) is 6.78. The van der Waals surface area contributed by atoms with Crippen molar-refractivity contribution >= 4 is 11.7 Å². The molecule has 8 heteroatoms. The maximum absolute atomic E-state index is 13.9. The van der Waals surface area contributed by atoms with Crippen LogP contribution in [0.3, 0.4) is 0 Å². The molecule has 0 aliphatic carbocycles. The van der Waals surface area contributed by atoms with Crippen LogP contribution in [0, 0.1) is 5.82 Å². The summed E-state index contributed by atoms with van der Waals surface area (Å²) in [5.74, 6) is -0.330. The van der Waals surface area contributed by atoms with Gasteiger partial charge in [0.1, 0.15) is 6.17 Å². The van der Waals surface area contributed by atoms with E-state index in [-0.39, 0.29) is 24.1 Å². The van der Waals surface area contributed by atoms with Gasteiger partial charge in [0, 0.05) is 50.5 Å². The average molecular weight is 370 g/mol. The number of aromatic nitrogens is 1. The Hall–Kier alpha value is -3.03. The molecule has 0 aromatic carbocycles. The molecule has 2 N–H and O–H groups in total. The van der Waals surface area contributed by atoms with Crippen LogP contribution in [0.1, 0.15) is 6.92 Å². The van der Waals surface area contributed by atoms with Crippen molar-refractivity contribution in [2.24, 2.45) is 0 Å². The summed E-state index contributed by atoms with van der Waals surface area (Å²) in [6.07, 6.45) is 12.9. The molecule has 1 aromatic rings. The summed E-state index contributed by atoms with van der Waals surface area (Å²) in [6.45, 7) is 4.26. The molecule has 2 atom stereocenters. The van der Waals surface area contributed by atoms with Crippen molar-refractivity contribution in [3.05, 3.63) is 60.6 Å². The van der Waals surface area contributed by atoms with Gasteiger partial charge < -0.3 is 25.3 Å². The number of carbonyl (C=O) groups excluding carboxylic acids is 1. The molecule has 142 valence electrons. The van der Waals surface area contributed by atoms with Gasteiger partial charge in [0.15, 0.2) is 5.82 Å². The van der Waals surface area contributed by atoms with E-state index >= 15 is 0 Å². The zero-order valence-electron chi connectivity index (χ0n) is 15.2. The van der Waals surface area contributed by atoms with E-state index < -0.39 is 0 Å². The smallest absolute Gasteiger partial charge is 0.318 e. The minimum atomic E-state index is -0.330. The number of hydrogen-bond acceptors (Lipinski definition) is 5. The molecule has 27 heavy (non-hydrogen) atoms. The van der Waals surface area contributed by atoms with Gasteiger partial charge in [-0.05, 0) is 25.1 Å². The molecule has 1 saturated heterocycles. The number of halogens is 1. The SMILES string of the molecule is CC(NC(=O)N1CCN(c2ccncc2F)CC1)C1=CC=CC2NC=CN12. The fraction of sp³-hybridized carbons (Fsp3) is 0.368. The summed E-state index contributed by atoms with van der Waals surface area (Å²) in [5, 5.41) is 6.32. The highest BCUT2D eigenvalue weighted by molar-refractivity contribution is 5.75. The van der Waals surface area contributed by atoms with Crippen LogP contribution in [0.5, 0.6) is 0 Å². The lowest BCUT2D eigenvalue weighted by Crippen LogP contribution is -2.54. The lowest BCUT2D eigenvalue weighted by molar-refractivity contribution is 0.190. The van der Waals surface area contributed by atoms with Crippen molar-refractivity contribution in [3.63, 3.8) is 0 Å². The van der Waals surface area contributed by atoms with Crippen LogP contribution in [0.2, 0.25) is 0 Å². The second kappa shape index (κ2) is 7.30. The highest BCUT2D eigenvalue weighted by atomic mass is 19.1. The first-order valence-corrected chi connectivity index (χ1v) is 9.13. The van der Waals surface area contributed by atoms with Crippen molar-refractivity contribution in [3.8, 4) is 0 Å². The molecule has 0 bridgehead atoms. The van der Waals surface area contributed by atoms with Gasteiger partial charge in [-0.2, -0.15) is 0 Å². The number of allylic oxidation sites excluding steroid dienone is 2. The number of piperazine rings is 1. The van der Waals surface area contributed by atoms with Gasteiger partial charge in [-0.1, -0.05) is 6.08 Å². The van der Waals surface area contributed by atoms with E-state index in [2.05, 4.69) is 26.6 Å². The zero-order valence-corrected chi connectivity index (χ0v) is 15.2. The van der Waals surface area contributed by atoms with Crippen LogP contribution >= 0.6 is 0 Å². The molecular formula is C19H23FN6O. The van der Waals surface area contributed by atoms with Crippen LogP contribution in [0.15, 0.2) is 54.8 Å². The van der Waals surface area contributed by atoms with E-state index in [0.29, 0.717) is 31.9 Å². The fourth-order valence-corrected chi connectivity index (χ4v) is 3.63. The number of urea groups is 1. The molecular weight excluding hydrogens is 347 g/mol. The molecule has 0 spiro atoms. The third-order valence-corrected chi connectivity index (χ3v) is 5.10. The van der Waals surface area contributed by atoms with Gasteiger partial charge in [0.25, 0.3) is 0 Å². The van der Waals surface area contributed by atoms with Crippen LogP contribution in [0.4, 0.5) is 14.9 Å². The standard InChI is InChI=1S/C19H23FN6O/c1-14(16-3-2-4-18-22-7-8-26(16)18)23-19(27)25-11-9-24(10-12-25)17-5-6-21-13-15(17)20/h2-8,13-14,18,22H,9-12H2,1H3,(H,23,27). The Labute approximate surface area is 157 Å². The first kappa shape index (κ1) is 17.4. The number of amides is 2. The van der Waals surface area contributed by atoms with Crippen molar-refractivity contribution in [1.82, 2.24) is 25.4 Å². The highest BCUT2D eigenvalue weighted by Crippen LogP contribution is 2.22. The van der Waals surface area contributed by atoms with Gasteiger partial charge in [-0.25, -0.2) is 9.18 Å². The van der Waals surface area contributed by atoms with Crippen molar-refractivity contribution in [2.45, 2.75) is 19.1 Å². The predicted molar refractivity (Wildman–Crippen MR) is 101 cm³/mol. The van der Waals surface area contributed by atoms with Gasteiger partial charge in [0.2, 0.25) is 0 Å².